The third-order valence-corrected chi connectivity index (χ3v) is 4.53. The number of carbonyl (C=O) groups excluding carboxylic acids is 2. The minimum atomic E-state index is -0.219. The molecule has 28 heavy (non-hydrogen) atoms. The summed E-state index contributed by atoms with van der Waals surface area (Å²) in [7, 11) is 3.86. The summed E-state index contributed by atoms with van der Waals surface area (Å²) in [6.45, 7) is 4.49. The number of imidazole rings is 1. The molecule has 7 nitrogen and oxygen atoms in total. The number of pyridine rings is 1. The number of nitrogens with zero attached hydrogens (tertiary/aromatic N) is 3. The predicted molar refractivity (Wildman–Crippen MR) is 111 cm³/mol. The molecule has 0 aliphatic rings. The van der Waals surface area contributed by atoms with Crippen LogP contribution in [0.15, 0.2) is 42.7 Å². The summed E-state index contributed by atoms with van der Waals surface area (Å²) in [5.41, 5.74) is 3.73. The lowest BCUT2D eigenvalue weighted by molar-refractivity contribution is -0.116. The second kappa shape index (κ2) is 8.22. The van der Waals surface area contributed by atoms with Gasteiger partial charge in [-0.05, 0) is 57.8 Å². The van der Waals surface area contributed by atoms with Crippen molar-refractivity contribution in [1.82, 2.24) is 14.3 Å². The van der Waals surface area contributed by atoms with Crippen molar-refractivity contribution in [1.29, 1.82) is 0 Å². The number of amides is 2. The second-order valence-electron chi connectivity index (χ2n) is 7.10. The molecule has 0 atom stereocenters. The molecule has 0 radical (unpaired) electrons. The maximum absolute atomic E-state index is 12.6. The van der Waals surface area contributed by atoms with Gasteiger partial charge in [-0.15, -0.1) is 0 Å². The van der Waals surface area contributed by atoms with Crippen LogP contribution in [0.1, 0.15) is 28.2 Å². The minimum absolute atomic E-state index is 0.0543. The number of fused-ring (bicyclic) bond motifs is 1. The van der Waals surface area contributed by atoms with Crippen molar-refractivity contribution >= 4 is 28.7 Å². The van der Waals surface area contributed by atoms with Gasteiger partial charge in [0.25, 0.3) is 5.91 Å². The Balaban J connectivity index is 1.73. The smallest absolute Gasteiger partial charge is 0.257 e. The number of rotatable bonds is 6. The quantitative estimate of drug-likeness (QED) is 0.690. The van der Waals surface area contributed by atoms with Crippen LogP contribution in [-0.4, -0.2) is 46.7 Å². The fraction of sp³-hybridized carbons (Fsp3) is 0.286. The number of hydrogen-bond acceptors (Lipinski definition) is 4. The van der Waals surface area contributed by atoms with Gasteiger partial charge in [-0.25, -0.2) is 4.98 Å². The van der Waals surface area contributed by atoms with Crippen molar-refractivity contribution < 1.29 is 9.59 Å². The van der Waals surface area contributed by atoms with Gasteiger partial charge in [0, 0.05) is 30.5 Å². The number of nitrogens with one attached hydrogen (secondary N) is 2. The van der Waals surface area contributed by atoms with Crippen LogP contribution >= 0.6 is 0 Å². The highest BCUT2D eigenvalue weighted by molar-refractivity contribution is 6.04. The van der Waals surface area contributed by atoms with Crippen molar-refractivity contribution in [2.75, 3.05) is 31.3 Å². The van der Waals surface area contributed by atoms with E-state index in [-0.39, 0.29) is 11.8 Å². The Morgan fingerprint density at radius 3 is 2.64 bits per heavy atom. The van der Waals surface area contributed by atoms with Gasteiger partial charge in [0.2, 0.25) is 5.91 Å². The zero-order valence-electron chi connectivity index (χ0n) is 16.6. The molecule has 0 aliphatic carbocycles. The minimum Gasteiger partial charge on any atom is -0.326 e. The van der Waals surface area contributed by atoms with Crippen LogP contribution in [-0.2, 0) is 4.79 Å². The number of carbonyl (C=O) groups is 2. The number of anilines is 2. The fourth-order valence-corrected chi connectivity index (χ4v) is 2.83. The van der Waals surface area contributed by atoms with E-state index in [0.717, 1.165) is 16.9 Å². The standard InChI is InChI=1S/C21H25N5O2/c1-14-5-7-17(11-19(14)24-20(27)9-10-25(3)4)23-21(28)16-6-8-18-12-22-15(2)26(18)13-16/h5-8,11-13H,9-10H2,1-4H3,(H,23,28)(H,24,27). The Labute approximate surface area is 164 Å². The Bertz CT molecular complexity index is 1020. The van der Waals surface area contributed by atoms with Gasteiger partial charge >= 0.3 is 0 Å². The van der Waals surface area contributed by atoms with E-state index in [2.05, 4.69) is 15.6 Å². The summed E-state index contributed by atoms with van der Waals surface area (Å²) < 4.78 is 1.88. The van der Waals surface area contributed by atoms with Crippen molar-refractivity contribution in [3.63, 3.8) is 0 Å². The molecule has 2 amide bonds. The maximum atomic E-state index is 12.6. The summed E-state index contributed by atoms with van der Waals surface area (Å²) >= 11 is 0. The average molecular weight is 379 g/mol. The zero-order valence-corrected chi connectivity index (χ0v) is 16.6. The van der Waals surface area contributed by atoms with Crippen LogP contribution in [0.25, 0.3) is 5.52 Å². The lowest BCUT2D eigenvalue weighted by atomic mass is 10.1. The molecule has 2 heterocycles. The summed E-state index contributed by atoms with van der Waals surface area (Å²) in [5, 5.41) is 5.81. The topological polar surface area (TPSA) is 78.7 Å². The number of aryl methyl sites for hydroxylation is 2. The highest BCUT2D eigenvalue weighted by Crippen LogP contribution is 2.21. The van der Waals surface area contributed by atoms with Crippen molar-refractivity contribution in [3.05, 3.63) is 59.7 Å². The van der Waals surface area contributed by atoms with Crippen molar-refractivity contribution in [3.8, 4) is 0 Å². The highest BCUT2D eigenvalue weighted by Gasteiger charge is 2.11. The second-order valence-corrected chi connectivity index (χ2v) is 7.10. The molecule has 0 saturated heterocycles. The van der Waals surface area contributed by atoms with E-state index in [1.807, 2.05) is 55.4 Å². The monoisotopic (exact) mass is 379 g/mol. The van der Waals surface area contributed by atoms with Gasteiger partial charge in [-0.2, -0.15) is 0 Å². The van der Waals surface area contributed by atoms with Gasteiger partial charge in [-0.1, -0.05) is 6.07 Å². The van der Waals surface area contributed by atoms with Crippen LogP contribution in [0.4, 0.5) is 11.4 Å². The summed E-state index contributed by atoms with van der Waals surface area (Å²) in [6, 6.07) is 9.11. The fourth-order valence-electron chi connectivity index (χ4n) is 2.83. The molecule has 3 rings (SSSR count). The number of aromatic nitrogens is 2. The van der Waals surface area contributed by atoms with Gasteiger partial charge in [-0.3, -0.25) is 9.59 Å². The molecule has 2 aromatic heterocycles. The van der Waals surface area contributed by atoms with Crippen LogP contribution in [0.5, 0.6) is 0 Å². The molecule has 0 spiro atoms. The molecule has 146 valence electrons. The first kappa shape index (κ1) is 19.6. The van der Waals surface area contributed by atoms with Gasteiger partial charge in [0.15, 0.2) is 0 Å². The summed E-state index contributed by atoms with van der Waals surface area (Å²) in [4.78, 5) is 31.0. The number of benzene rings is 1. The van der Waals surface area contributed by atoms with E-state index in [4.69, 9.17) is 0 Å². The van der Waals surface area contributed by atoms with E-state index >= 15 is 0 Å². The molecule has 3 aromatic rings. The normalized spacial score (nSPS) is 11.0. The van der Waals surface area contributed by atoms with E-state index in [9.17, 15) is 9.59 Å². The third kappa shape index (κ3) is 4.55. The van der Waals surface area contributed by atoms with Gasteiger partial charge in [0.1, 0.15) is 5.82 Å². The molecule has 0 bridgehead atoms. The Morgan fingerprint density at radius 2 is 1.89 bits per heavy atom. The van der Waals surface area contributed by atoms with Gasteiger partial charge in [0.05, 0.1) is 17.3 Å². The van der Waals surface area contributed by atoms with Crippen molar-refractivity contribution in [2.24, 2.45) is 0 Å². The Kier molecular flexibility index (Phi) is 5.75. The molecule has 0 saturated carbocycles. The van der Waals surface area contributed by atoms with Crippen LogP contribution < -0.4 is 10.6 Å². The lowest BCUT2D eigenvalue weighted by Gasteiger charge is -2.13. The summed E-state index contributed by atoms with van der Waals surface area (Å²) in [6.07, 6.45) is 3.95. The predicted octanol–water partition coefficient (Wildman–Crippen LogP) is 3.09. The van der Waals surface area contributed by atoms with E-state index in [1.54, 1.807) is 24.5 Å². The molecular formula is C21H25N5O2. The van der Waals surface area contributed by atoms with Gasteiger partial charge < -0.3 is 19.9 Å². The average Bonchev–Trinajstić information content (AvgIpc) is 3.03. The molecule has 0 aliphatic heterocycles. The third-order valence-electron chi connectivity index (χ3n) is 4.53. The SMILES string of the molecule is Cc1ccc(NC(=O)c2ccc3cnc(C)n3c2)cc1NC(=O)CCN(C)C. The van der Waals surface area contributed by atoms with E-state index in [0.29, 0.717) is 29.9 Å². The first-order valence-corrected chi connectivity index (χ1v) is 9.14. The Hall–Kier alpha value is -3.19. The molecule has 0 unspecified atom stereocenters. The first-order valence-electron chi connectivity index (χ1n) is 9.14. The van der Waals surface area contributed by atoms with Crippen molar-refractivity contribution in [2.45, 2.75) is 20.3 Å². The van der Waals surface area contributed by atoms with Crippen LogP contribution in [0, 0.1) is 13.8 Å². The molecular weight excluding hydrogens is 354 g/mol. The van der Waals surface area contributed by atoms with E-state index < -0.39 is 0 Å². The first-order chi connectivity index (χ1) is 13.3. The molecule has 2 N–H and O–H groups in total. The van der Waals surface area contributed by atoms with E-state index in [1.165, 1.54) is 0 Å². The van der Waals surface area contributed by atoms with Crippen LogP contribution in [0.3, 0.4) is 0 Å². The largest absolute Gasteiger partial charge is 0.326 e. The molecule has 7 heteroatoms. The summed E-state index contributed by atoms with van der Waals surface area (Å²) in [5.74, 6) is 0.549. The highest BCUT2D eigenvalue weighted by atomic mass is 16.2. The number of hydrogen-bond donors (Lipinski definition) is 2. The molecule has 0 fully saturated rings. The zero-order chi connectivity index (χ0) is 20.3. The molecule has 1 aromatic carbocycles. The Morgan fingerprint density at radius 1 is 1.11 bits per heavy atom. The maximum Gasteiger partial charge on any atom is 0.257 e. The lowest BCUT2D eigenvalue weighted by Crippen LogP contribution is -2.21. The van der Waals surface area contributed by atoms with Crippen LogP contribution in [0.2, 0.25) is 0 Å².